The highest BCUT2D eigenvalue weighted by molar-refractivity contribution is 8.00. The lowest BCUT2D eigenvalue weighted by molar-refractivity contribution is -0.161. The second-order valence-electron chi connectivity index (χ2n) is 7.36. The molecule has 2 nitrogen and oxygen atoms in total. The topological polar surface area (TPSA) is 29.1 Å². The van der Waals surface area contributed by atoms with Crippen molar-refractivity contribution in [2.24, 2.45) is 0 Å². The Morgan fingerprint density at radius 2 is 1.74 bits per heavy atom. The summed E-state index contributed by atoms with van der Waals surface area (Å²) in [6.45, 7) is 0. The molecule has 1 atom stereocenters. The van der Waals surface area contributed by atoms with Crippen molar-refractivity contribution >= 4 is 58.0 Å². The fourth-order valence-electron chi connectivity index (χ4n) is 3.52. The first-order valence-corrected chi connectivity index (χ1v) is 11.5. The first-order chi connectivity index (χ1) is 14.6. The zero-order valence-corrected chi connectivity index (χ0v) is 18.9. The van der Waals surface area contributed by atoms with Gasteiger partial charge in [-0.15, -0.1) is 0 Å². The number of alkyl halides is 3. The van der Waals surface area contributed by atoms with Crippen molar-refractivity contribution in [3.63, 3.8) is 0 Å². The average Bonchev–Trinajstić information content (AvgIpc) is 3.10. The van der Waals surface area contributed by atoms with Crippen LogP contribution in [-0.4, -0.2) is 29.6 Å². The molecule has 2 aromatic carbocycles. The summed E-state index contributed by atoms with van der Waals surface area (Å²) in [4.78, 5) is 12.4. The van der Waals surface area contributed by atoms with Crippen molar-refractivity contribution in [1.82, 2.24) is 5.32 Å². The number of hydrogen-bond donors (Lipinski definition) is 1. The van der Waals surface area contributed by atoms with Crippen LogP contribution in [0.15, 0.2) is 54.6 Å². The van der Waals surface area contributed by atoms with E-state index < -0.39 is 11.6 Å². The van der Waals surface area contributed by atoms with Crippen LogP contribution in [0.4, 0.5) is 13.2 Å². The Kier molecular flexibility index (Phi) is 6.12. The maximum atomic E-state index is 14.2. The number of carbonyl (C=O) groups excluding carboxylic acids is 1. The van der Waals surface area contributed by atoms with Gasteiger partial charge in [0, 0.05) is 27.6 Å². The molecule has 0 saturated carbocycles. The van der Waals surface area contributed by atoms with Gasteiger partial charge in [0.15, 0.2) is 0 Å². The minimum Gasteiger partial charge on any atom is -0.348 e. The number of thioether (sulfide) groups is 1. The van der Waals surface area contributed by atoms with E-state index >= 15 is 0 Å². The van der Waals surface area contributed by atoms with Crippen LogP contribution in [0.3, 0.4) is 0 Å². The van der Waals surface area contributed by atoms with Gasteiger partial charge in [0.1, 0.15) is 5.41 Å². The number of amides is 1. The van der Waals surface area contributed by atoms with Crippen LogP contribution in [0.25, 0.3) is 5.57 Å². The van der Waals surface area contributed by atoms with Gasteiger partial charge in [0.05, 0.1) is 10.6 Å². The van der Waals surface area contributed by atoms with Crippen molar-refractivity contribution in [2.45, 2.75) is 17.6 Å². The normalized spacial score (nSPS) is 21.0. The molecule has 0 bridgehead atoms. The molecule has 0 spiro atoms. The second-order valence-corrected chi connectivity index (χ2v) is 9.72. The molecule has 9 heteroatoms. The van der Waals surface area contributed by atoms with Crippen LogP contribution in [0.5, 0.6) is 0 Å². The third-order valence-corrected chi connectivity index (χ3v) is 7.26. The highest BCUT2D eigenvalue weighted by Gasteiger charge is 2.54. The predicted octanol–water partition coefficient (Wildman–Crippen LogP) is 6.95. The summed E-state index contributed by atoms with van der Waals surface area (Å²) >= 11 is 19.9. The number of nitrogens with one attached hydrogen (secondary N) is 1. The van der Waals surface area contributed by atoms with Gasteiger partial charge in [-0.3, -0.25) is 4.79 Å². The van der Waals surface area contributed by atoms with E-state index in [1.54, 1.807) is 17.8 Å². The van der Waals surface area contributed by atoms with E-state index in [1.165, 1.54) is 36.4 Å². The molecule has 2 aliphatic rings. The third kappa shape index (κ3) is 4.36. The highest BCUT2D eigenvalue weighted by Crippen LogP contribution is 2.49. The molecule has 162 valence electrons. The van der Waals surface area contributed by atoms with Crippen molar-refractivity contribution in [1.29, 1.82) is 0 Å². The molecule has 31 heavy (non-hydrogen) atoms. The summed E-state index contributed by atoms with van der Waals surface area (Å²) < 4.78 is 42.6. The third-order valence-electron chi connectivity index (χ3n) is 5.24. The number of halogens is 6. The van der Waals surface area contributed by atoms with Gasteiger partial charge in [0.2, 0.25) is 0 Å². The molecule has 4 rings (SSSR count). The summed E-state index contributed by atoms with van der Waals surface area (Å²) in [5.41, 5.74) is -1.37. The fourth-order valence-corrected chi connectivity index (χ4v) is 4.95. The van der Waals surface area contributed by atoms with Crippen molar-refractivity contribution in [3.8, 4) is 0 Å². The quantitative estimate of drug-likeness (QED) is 0.488. The molecule has 2 aromatic rings. The minimum absolute atomic E-state index is 0.0794. The van der Waals surface area contributed by atoms with Gasteiger partial charge in [-0.05, 0) is 47.0 Å². The zero-order chi connectivity index (χ0) is 22.4. The lowest BCUT2D eigenvalue weighted by atomic mass is 9.81. The number of allylic oxidation sites excluding steroid dienone is 4. The van der Waals surface area contributed by atoms with Gasteiger partial charge < -0.3 is 5.32 Å². The Labute approximate surface area is 196 Å². The van der Waals surface area contributed by atoms with Gasteiger partial charge in [-0.25, -0.2) is 0 Å². The van der Waals surface area contributed by atoms with Crippen LogP contribution in [0.1, 0.15) is 21.5 Å². The van der Waals surface area contributed by atoms with Crippen LogP contribution >= 0.6 is 46.6 Å². The Bertz CT molecular complexity index is 1090. The van der Waals surface area contributed by atoms with Crippen LogP contribution in [0.2, 0.25) is 15.1 Å². The summed E-state index contributed by atoms with van der Waals surface area (Å²) in [5.74, 6) is 1.41. The smallest absolute Gasteiger partial charge is 0.348 e. The summed E-state index contributed by atoms with van der Waals surface area (Å²) in [5, 5.41) is 3.28. The largest absolute Gasteiger partial charge is 0.405 e. The Balaban J connectivity index is 1.69. The molecule has 0 aromatic heterocycles. The Hall–Kier alpha value is -1.60. The Morgan fingerprint density at radius 1 is 1.06 bits per heavy atom. The van der Waals surface area contributed by atoms with Gasteiger partial charge in [-0.2, -0.15) is 24.9 Å². The predicted molar refractivity (Wildman–Crippen MR) is 121 cm³/mol. The van der Waals surface area contributed by atoms with Gasteiger partial charge in [0.25, 0.3) is 5.91 Å². The number of benzene rings is 2. The number of hydrogen-bond acceptors (Lipinski definition) is 2. The SMILES string of the molecule is O=C(NC1CSC1)c1ccc(C2=CC(c3cc(Cl)cc(Cl)c3)(C(F)(F)F)C=C2)cc1Cl. The molecule has 1 N–H and O–H groups in total. The van der Waals surface area contributed by atoms with Gasteiger partial charge in [-0.1, -0.05) is 59.1 Å². The van der Waals surface area contributed by atoms with Crippen molar-refractivity contribution in [2.75, 3.05) is 11.5 Å². The highest BCUT2D eigenvalue weighted by atomic mass is 35.5. The van der Waals surface area contributed by atoms with Crippen LogP contribution < -0.4 is 5.32 Å². The van der Waals surface area contributed by atoms with E-state index in [2.05, 4.69) is 5.32 Å². The molecule has 1 aliphatic heterocycles. The zero-order valence-electron chi connectivity index (χ0n) is 15.8. The van der Waals surface area contributed by atoms with E-state index in [1.807, 2.05) is 0 Å². The average molecular weight is 505 g/mol. The van der Waals surface area contributed by atoms with Crippen molar-refractivity contribution < 1.29 is 18.0 Å². The maximum absolute atomic E-state index is 14.2. The summed E-state index contributed by atoms with van der Waals surface area (Å²) in [7, 11) is 0. The molecule has 1 heterocycles. The van der Waals surface area contributed by atoms with Crippen molar-refractivity contribution in [3.05, 3.63) is 86.4 Å². The molecule has 1 saturated heterocycles. The summed E-state index contributed by atoms with van der Waals surface area (Å²) in [6.07, 6.45) is -1.04. The molecule has 1 unspecified atom stereocenters. The monoisotopic (exact) mass is 503 g/mol. The maximum Gasteiger partial charge on any atom is 0.405 e. The molecular weight excluding hydrogens is 490 g/mol. The lowest BCUT2D eigenvalue weighted by Gasteiger charge is -2.29. The van der Waals surface area contributed by atoms with E-state index in [0.29, 0.717) is 11.1 Å². The first kappa shape index (κ1) is 22.6. The minimum atomic E-state index is -4.62. The molecule has 0 radical (unpaired) electrons. The molecular formula is C22H15Cl3F3NOS. The molecule has 1 amide bonds. The standard InChI is InChI=1S/C22H15Cl3F3NOS/c23-15-6-14(7-16(24)8-15)21(22(26,27)28)4-3-13(9-21)12-1-2-18(19(25)5-12)20(30)29-17-10-31-11-17/h1-9,17H,10-11H2,(H,29,30). The van der Waals surface area contributed by atoms with Crippen LogP contribution in [-0.2, 0) is 5.41 Å². The fraction of sp³-hybridized carbons (Fsp3) is 0.227. The van der Waals surface area contributed by atoms with E-state index in [9.17, 15) is 18.0 Å². The molecule has 1 aliphatic carbocycles. The van der Waals surface area contributed by atoms with E-state index in [-0.39, 0.29) is 38.1 Å². The van der Waals surface area contributed by atoms with Crippen LogP contribution in [0, 0.1) is 0 Å². The first-order valence-electron chi connectivity index (χ1n) is 9.23. The van der Waals surface area contributed by atoms with E-state index in [0.717, 1.165) is 23.7 Å². The van der Waals surface area contributed by atoms with E-state index in [4.69, 9.17) is 34.8 Å². The lowest BCUT2D eigenvalue weighted by Crippen LogP contribution is -2.43. The number of rotatable bonds is 4. The summed E-state index contributed by atoms with van der Waals surface area (Å²) in [6, 6.07) is 8.62. The molecule has 1 fully saturated rings. The second kappa shape index (κ2) is 8.39. The Morgan fingerprint density at radius 3 is 2.29 bits per heavy atom. The van der Waals surface area contributed by atoms with Gasteiger partial charge >= 0.3 is 6.18 Å². The number of carbonyl (C=O) groups is 1.